The van der Waals surface area contributed by atoms with Gasteiger partial charge in [-0.15, -0.1) is 0 Å². The van der Waals surface area contributed by atoms with E-state index in [0.717, 1.165) is 31.7 Å². The molecule has 0 fully saturated rings. The Bertz CT molecular complexity index is 633. The lowest BCUT2D eigenvalue weighted by atomic mass is 9.48. The van der Waals surface area contributed by atoms with E-state index in [1.54, 1.807) is 7.11 Å². The van der Waals surface area contributed by atoms with Crippen LogP contribution in [-0.4, -0.2) is 58.9 Å². The van der Waals surface area contributed by atoms with Gasteiger partial charge in [-0.25, -0.2) is 0 Å². The summed E-state index contributed by atoms with van der Waals surface area (Å²) < 4.78 is 5.31. The lowest BCUT2D eigenvalue weighted by molar-refractivity contribution is 0.287. The predicted octanol–water partition coefficient (Wildman–Crippen LogP) is -0.912. The fraction of sp³-hybridized carbons (Fsp3) is 0.429. The molecule has 0 atom stereocenters. The third-order valence-corrected chi connectivity index (χ3v) is 4.41. The van der Waals surface area contributed by atoms with Crippen molar-refractivity contribution >= 4 is 34.4 Å². The minimum absolute atomic E-state index is 0.252. The zero-order chi connectivity index (χ0) is 14.3. The summed E-state index contributed by atoms with van der Waals surface area (Å²) in [4.78, 5) is 6.18. The number of rotatable bonds is 2. The summed E-state index contributed by atoms with van der Waals surface area (Å²) >= 11 is 0. The number of hydrogen-bond acceptors (Lipinski definition) is 2. The van der Waals surface area contributed by atoms with E-state index in [-0.39, 0.29) is 5.24 Å². The minimum Gasteiger partial charge on any atom is -0.497 e. The summed E-state index contributed by atoms with van der Waals surface area (Å²) in [6.45, 7) is 2.26. The summed E-state index contributed by atoms with van der Waals surface area (Å²) in [6.07, 6.45) is 2.22. The number of benzene rings is 1. The van der Waals surface area contributed by atoms with E-state index in [9.17, 15) is 0 Å². The molecule has 6 heteroatoms. The summed E-state index contributed by atoms with van der Waals surface area (Å²) in [7, 11) is 8.62. The first-order valence-corrected chi connectivity index (χ1v) is 7.41. The maximum Gasteiger partial charge on any atom is 0.120 e. The second-order valence-electron chi connectivity index (χ2n) is 6.65. The Hall–Kier alpha value is -1.29. The van der Waals surface area contributed by atoms with E-state index >= 15 is 0 Å². The lowest BCUT2D eigenvalue weighted by Crippen LogP contribution is -2.51. The number of nitrogens with zero attached hydrogens (tertiary/aromatic N) is 1. The molecule has 1 aromatic carbocycles. The zero-order valence-corrected chi connectivity index (χ0v) is 12.9. The van der Waals surface area contributed by atoms with E-state index < -0.39 is 0 Å². The highest BCUT2D eigenvalue weighted by atomic mass is 16.5. The first-order valence-electron chi connectivity index (χ1n) is 7.41. The van der Waals surface area contributed by atoms with E-state index in [0.29, 0.717) is 0 Å². The Morgan fingerprint density at radius 3 is 2.65 bits per heavy atom. The van der Waals surface area contributed by atoms with E-state index in [4.69, 9.17) is 4.74 Å². The molecule has 2 heterocycles. The molecular formula is C14H21B3N2O. The third-order valence-electron chi connectivity index (χ3n) is 4.41. The van der Waals surface area contributed by atoms with Crippen LogP contribution in [0.3, 0.4) is 0 Å². The molecule has 3 nitrogen and oxygen atoms in total. The van der Waals surface area contributed by atoms with E-state index in [1.165, 1.54) is 22.2 Å². The van der Waals surface area contributed by atoms with Crippen LogP contribution in [0.5, 0.6) is 5.75 Å². The number of nitrogens with one attached hydrogen (secondary N) is 1. The molecule has 3 rings (SSSR count). The third kappa shape index (κ3) is 2.37. The highest BCUT2D eigenvalue weighted by molar-refractivity contribution is 6.59. The highest BCUT2D eigenvalue weighted by Gasteiger charge is 2.25. The van der Waals surface area contributed by atoms with Gasteiger partial charge in [-0.1, -0.05) is 5.24 Å². The number of hydrogen-bond donors (Lipinski definition) is 1. The largest absolute Gasteiger partial charge is 0.497 e. The van der Waals surface area contributed by atoms with Gasteiger partial charge in [0.05, 0.1) is 7.11 Å². The maximum atomic E-state index is 5.31. The average molecular weight is 266 g/mol. The standard InChI is InChI=1S/C14H21B3N2O/c1-20-9-2-3-10-11-4-6-19(14(15,16)17)7-5-12(11)18-13(10)8-9/h2-3,8,18H,4-7,15-17H2,1H3. The van der Waals surface area contributed by atoms with Crippen LogP contribution in [0.4, 0.5) is 0 Å². The maximum absolute atomic E-state index is 5.31. The highest BCUT2D eigenvalue weighted by Crippen LogP contribution is 2.29. The summed E-state index contributed by atoms with van der Waals surface area (Å²) in [5.41, 5.74) is 4.10. The molecule has 0 unspecified atom stereocenters. The molecule has 2 aromatic rings. The molecule has 1 aliphatic heterocycles. The molecule has 20 heavy (non-hydrogen) atoms. The van der Waals surface area contributed by atoms with Crippen LogP contribution in [0.2, 0.25) is 0 Å². The fourth-order valence-corrected chi connectivity index (χ4v) is 3.19. The Labute approximate surface area is 123 Å². The second-order valence-corrected chi connectivity index (χ2v) is 6.65. The fourth-order valence-electron chi connectivity index (χ4n) is 3.19. The van der Waals surface area contributed by atoms with Gasteiger partial charge in [-0.2, -0.15) is 0 Å². The van der Waals surface area contributed by atoms with Crippen LogP contribution < -0.4 is 4.74 Å². The van der Waals surface area contributed by atoms with Crippen LogP contribution in [0, 0.1) is 0 Å². The van der Waals surface area contributed by atoms with E-state index in [2.05, 4.69) is 51.6 Å². The molecule has 1 aliphatic rings. The number of methoxy groups -OCH3 is 1. The SMILES string of the molecule is BC(B)(B)N1CCc2[nH]c3cc(OC)ccc3c2CC1. The van der Waals surface area contributed by atoms with Gasteiger partial charge in [-0.3, -0.25) is 0 Å². The Morgan fingerprint density at radius 2 is 1.95 bits per heavy atom. The molecule has 1 aromatic heterocycles. The van der Waals surface area contributed by atoms with Gasteiger partial charge >= 0.3 is 0 Å². The van der Waals surface area contributed by atoms with Crippen LogP contribution >= 0.6 is 0 Å². The van der Waals surface area contributed by atoms with Crippen molar-refractivity contribution in [2.24, 2.45) is 0 Å². The first kappa shape index (κ1) is 13.7. The van der Waals surface area contributed by atoms with Gasteiger partial charge in [-0.05, 0) is 24.1 Å². The molecule has 0 radical (unpaired) electrons. The predicted molar refractivity (Wildman–Crippen MR) is 92.2 cm³/mol. The molecule has 0 saturated heterocycles. The quantitative estimate of drug-likeness (QED) is 0.712. The van der Waals surface area contributed by atoms with Crippen molar-refractivity contribution in [2.75, 3.05) is 20.2 Å². The Morgan fingerprint density at radius 1 is 1.20 bits per heavy atom. The molecule has 0 amide bonds. The van der Waals surface area contributed by atoms with Gasteiger partial charge in [0.1, 0.15) is 29.3 Å². The van der Waals surface area contributed by atoms with Gasteiger partial charge < -0.3 is 14.6 Å². The lowest BCUT2D eigenvalue weighted by Gasteiger charge is -2.35. The summed E-state index contributed by atoms with van der Waals surface area (Å²) in [6, 6.07) is 6.35. The number of aromatic amines is 1. The van der Waals surface area contributed by atoms with E-state index in [1.807, 2.05) is 0 Å². The smallest absolute Gasteiger partial charge is 0.120 e. The number of ether oxygens (including phenoxy) is 1. The molecule has 1 N–H and O–H groups in total. The molecular weight excluding hydrogens is 245 g/mol. The topological polar surface area (TPSA) is 28.3 Å². The van der Waals surface area contributed by atoms with Crippen molar-refractivity contribution in [3.8, 4) is 5.75 Å². The average Bonchev–Trinajstić information content (AvgIpc) is 2.59. The molecule has 0 bridgehead atoms. The Balaban J connectivity index is 1.95. The molecule has 0 saturated carbocycles. The van der Waals surface area contributed by atoms with Gasteiger partial charge in [0.25, 0.3) is 0 Å². The number of fused-ring (bicyclic) bond motifs is 3. The van der Waals surface area contributed by atoms with Crippen molar-refractivity contribution in [1.29, 1.82) is 0 Å². The van der Waals surface area contributed by atoms with Crippen molar-refractivity contribution in [3.05, 3.63) is 29.5 Å². The summed E-state index contributed by atoms with van der Waals surface area (Å²) in [5, 5.41) is 1.61. The van der Waals surface area contributed by atoms with Crippen molar-refractivity contribution in [1.82, 2.24) is 9.88 Å². The number of aromatic nitrogens is 1. The van der Waals surface area contributed by atoms with Crippen LogP contribution in [0.25, 0.3) is 10.9 Å². The van der Waals surface area contributed by atoms with Crippen molar-refractivity contribution in [3.63, 3.8) is 0 Å². The minimum atomic E-state index is 0.252. The normalized spacial score (nSPS) is 16.9. The van der Waals surface area contributed by atoms with Crippen LogP contribution in [-0.2, 0) is 12.8 Å². The van der Waals surface area contributed by atoms with Crippen molar-refractivity contribution < 1.29 is 4.74 Å². The van der Waals surface area contributed by atoms with Gasteiger partial charge in [0.15, 0.2) is 0 Å². The van der Waals surface area contributed by atoms with Crippen LogP contribution in [0.15, 0.2) is 18.2 Å². The summed E-state index contributed by atoms with van der Waals surface area (Å²) in [5.74, 6) is 0.922. The van der Waals surface area contributed by atoms with Crippen LogP contribution in [0.1, 0.15) is 11.3 Å². The second kappa shape index (κ2) is 4.92. The molecule has 0 aliphatic carbocycles. The molecule has 102 valence electrons. The van der Waals surface area contributed by atoms with Gasteiger partial charge in [0.2, 0.25) is 0 Å². The number of H-pyrrole nitrogens is 1. The first-order chi connectivity index (χ1) is 9.49. The monoisotopic (exact) mass is 266 g/mol. The zero-order valence-electron chi connectivity index (χ0n) is 12.9. The van der Waals surface area contributed by atoms with Gasteiger partial charge in [0, 0.05) is 42.2 Å². The Kier molecular flexibility index (Phi) is 3.37. The van der Waals surface area contributed by atoms with Crippen molar-refractivity contribution in [2.45, 2.75) is 18.1 Å². The molecule has 0 spiro atoms.